The fourth-order valence-electron chi connectivity index (χ4n) is 1.97. The van der Waals surface area contributed by atoms with Crippen LogP contribution in [-0.4, -0.2) is 35.5 Å². The van der Waals surface area contributed by atoms with E-state index in [1.54, 1.807) is 17.1 Å². The molecule has 0 unspecified atom stereocenters. The van der Waals surface area contributed by atoms with Crippen LogP contribution >= 0.6 is 0 Å². The SMILES string of the molecule is C/C=C/C(=O)C1CCN(C(=O)OC(C)(C)C)CC1. The van der Waals surface area contributed by atoms with Crippen molar-refractivity contribution >= 4 is 11.9 Å². The number of hydrogen-bond donors (Lipinski definition) is 0. The number of likely N-dealkylation sites (tertiary alicyclic amines) is 1. The van der Waals surface area contributed by atoms with Crippen molar-refractivity contribution in [1.29, 1.82) is 0 Å². The molecular formula is C14H23NO3. The maximum absolute atomic E-state index is 11.8. The van der Waals surface area contributed by atoms with Crippen LogP contribution in [0.4, 0.5) is 4.79 Å². The van der Waals surface area contributed by atoms with E-state index in [0.717, 1.165) is 12.8 Å². The molecule has 0 bridgehead atoms. The number of hydrogen-bond acceptors (Lipinski definition) is 3. The second kappa shape index (κ2) is 6.03. The summed E-state index contributed by atoms with van der Waals surface area (Å²) in [4.78, 5) is 25.2. The molecule has 0 spiro atoms. The Balaban J connectivity index is 2.44. The number of rotatable bonds is 2. The Morgan fingerprint density at radius 2 is 1.78 bits per heavy atom. The van der Waals surface area contributed by atoms with E-state index >= 15 is 0 Å². The van der Waals surface area contributed by atoms with Crippen LogP contribution < -0.4 is 0 Å². The van der Waals surface area contributed by atoms with E-state index in [2.05, 4.69) is 0 Å². The Hall–Kier alpha value is -1.32. The molecule has 4 nitrogen and oxygen atoms in total. The van der Waals surface area contributed by atoms with Crippen molar-refractivity contribution in [3.63, 3.8) is 0 Å². The summed E-state index contributed by atoms with van der Waals surface area (Å²) >= 11 is 0. The van der Waals surface area contributed by atoms with Gasteiger partial charge in [0, 0.05) is 19.0 Å². The minimum Gasteiger partial charge on any atom is -0.444 e. The van der Waals surface area contributed by atoms with Crippen LogP contribution in [0.5, 0.6) is 0 Å². The first-order chi connectivity index (χ1) is 8.33. The second-order valence-electron chi connectivity index (χ2n) is 5.64. The molecule has 0 aromatic heterocycles. The molecule has 1 saturated heterocycles. The maximum atomic E-state index is 11.8. The lowest BCUT2D eigenvalue weighted by Gasteiger charge is -2.32. The van der Waals surface area contributed by atoms with E-state index in [9.17, 15) is 9.59 Å². The van der Waals surface area contributed by atoms with E-state index in [-0.39, 0.29) is 17.8 Å². The van der Waals surface area contributed by atoms with Gasteiger partial charge in [-0.15, -0.1) is 0 Å². The van der Waals surface area contributed by atoms with Gasteiger partial charge in [0.25, 0.3) is 0 Å². The van der Waals surface area contributed by atoms with Gasteiger partial charge in [-0.1, -0.05) is 6.08 Å². The summed E-state index contributed by atoms with van der Waals surface area (Å²) in [6.07, 6.45) is 4.56. The topological polar surface area (TPSA) is 46.6 Å². The first-order valence-corrected chi connectivity index (χ1v) is 6.48. The van der Waals surface area contributed by atoms with Crippen molar-refractivity contribution in [2.45, 2.75) is 46.1 Å². The van der Waals surface area contributed by atoms with E-state index < -0.39 is 5.60 Å². The summed E-state index contributed by atoms with van der Waals surface area (Å²) in [6.45, 7) is 8.60. The molecule has 0 N–H and O–H groups in total. The van der Waals surface area contributed by atoms with Gasteiger partial charge in [0.2, 0.25) is 0 Å². The Morgan fingerprint density at radius 1 is 1.22 bits per heavy atom. The lowest BCUT2D eigenvalue weighted by atomic mass is 9.92. The first-order valence-electron chi connectivity index (χ1n) is 6.48. The molecule has 0 radical (unpaired) electrons. The minimum absolute atomic E-state index is 0.0555. The Bertz CT molecular complexity index is 333. The van der Waals surface area contributed by atoms with Gasteiger partial charge in [0.15, 0.2) is 5.78 Å². The molecule has 0 saturated carbocycles. The van der Waals surface area contributed by atoms with E-state index in [0.29, 0.717) is 13.1 Å². The van der Waals surface area contributed by atoms with Crippen LogP contribution in [0.3, 0.4) is 0 Å². The standard InChI is InChI=1S/C14H23NO3/c1-5-6-12(16)11-7-9-15(10-8-11)13(17)18-14(2,3)4/h5-6,11H,7-10H2,1-4H3/b6-5+. The zero-order valence-corrected chi connectivity index (χ0v) is 11.7. The lowest BCUT2D eigenvalue weighted by molar-refractivity contribution is -0.119. The highest BCUT2D eigenvalue weighted by Crippen LogP contribution is 2.20. The van der Waals surface area contributed by atoms with Crippen molar-refractivity contribution in [2.24, 2.45) is 5.92 Å². The van der Waals surface area contributed by atoms with Crippen molar-refractivity contribution in [1.82, 2.24) is 4.90 Å². The van der Waals surface area contributed by atoms with E-state index in [4.69, 9.17) is 4.74 Å². The number of nitrogens with zero attached hydrogens (tertiary/aromatic N) is 1. The number of piperidine rings is 1. The summed E-state index contributed by atoms with van der Waals surface area (Å²) in [5.41, 5.74) is -0.464. The largest absolute Gasteiger partial charge is 0.444 e. The van der Waals surface area contributed by atoms with Crippen LogP contribution in [0, 0.1) is 5.92 Å². The van der Waals surface area contributed by atoms with Crippen molar-refractivity contribution < 1.29 is 14.3 Å². The molecule has 1 rings (SSSR count). The molecule has 18 heavy (non-hydrogen) atoms. The van der Waals surface area contributed by atoms with Crippen LogP contribution in [0.1, 0.15) is 40.5 Å². The molecule has 1 amide bonds. The van der Waals surface area contributed by atoms with Gasteiger partial charge in [0.05, 0.1) is 0 Å². The summed E-state index contributed by atoms with van der Waals surface area (Å²) in [5, 5.41) is 0. The van der Waals surface area contributed by atoms with Gasteiger partial charge in [-0.2, -0.15) is 0 Å². The second-order valence-corrected chi connectivity index (χ2v) is 5.64. The Labute approximate surface area is 109 Å². The third kappa shape index (κ3) is 4.51. The first kappa shape index (κ1) is 14.7. The molecule has 4 heteroatoms. The molecule has 0 aromatic rings. The molecule has 102 valence electrons. The predicted molar refractivity (Wildman–Crippen MR) is 70.4 cm³/mol. The number of ether oxygens (including phenoxy) is 1. The normalized spacial score (nSPS) is 18.1. The molecular weight excluding hydrogens is 230 g/mol. The summed E-state index contributed by atoms with van der Waals surface area (Å²) in [6, 6.07) is 0. The summed E-state index contributed by atoms with van der Waals surface area (Å²) in [5.74, 6) is 0.223. The van der Waals surface area contributed by atoms with Gasteiger partial charge in [-0.25, -0.2) is 4.79 Å². The lowest BCUT2D eigenvalue weighted by Crippen LogP contribution is -2.42. The third-order valence-corrected chi connectivity index (χ3v) is 2.88. The Morgan fingerprint density at radius 3 is 2.22 bits per heavy atom. The predicted octanol–water partition coefficient (Wildman–Crippen LogP) is 2.78. The highest BCUT2D eigenvalue weighted by Gasteiger charge is 2.28. The van der Waals surface area contributed by atoms with Gasteiger partial charge in [-0.05, 0) is 46.6 Å². The number of carbonyl (C=O) groups excluding carboxylic acids is 2. The molecule has 1 fully saturated rings. The third-order valence-electron chi connectivity index (χ3n) is 2.88. The van der Waals surface area contributed by atoms with Gasteiger partial charge >= 0.3 is 6.09 Å². The number of amides is 1. The smallest absolute Gasteiger partial charge is 0.410 e. The molecule has 1 aliphatic rings. The highest BCUT2D eigenvalue weighted by atomic mass is 16.6. The van der Waals surface area contributed by atoms with E-state index in [1.807, 2.05) is 27.7 Å². The zero-order valence-electron chi connectivity index (χ0n) is 11.7. The molecule has 0 aromatic carbocycles. The fourth-order valence-corrected chi connectivity index (χ4v) is 1.97. The quantitative estimate of drug-likeness (QED) is 0.711. The van der Waals surface area contributed by atoms with Crippen LogP contribution in [-0.2, 0) is 9.53 Å². The molecule has 0 atom stereocenters. The Kier molecular flexibility index (Phi) is 4.93. The maximum Gasteiger partial charge on any atom is 0.410 e. The number of ketones is 1. The van der Waals surface area contributed by atoms with Gasteiger partial charge in [0.1, 0.15) is 5.60 Å². The van der Waals surface area contributed by atoms with Crippen LogP contribution in [0.2, 0.25) is 0 Å². The summed E-state index contributed by atoms with van der Waals surface area (Å²) < 4.78 is 5.31. The number of carbonyl (C=O) groups is 2. The fraction of sp³-hybridized carbons (Fsp3) is 0.714. The van der Waals surface area contributed by atoms with E-state index in [1.165, 1.54) is 0 Å². The molecule has 0 aliphatic carbocycles. The average molecular weight is 253 g/mol. The highest BCUT2D eigenvalue weighted by molar-refractivity contribution is 5.91. The summed E-state index contributed by atoms with van der Waals surface area (Å²) in [7, 11) is 0. The average Bonchev–Trinajstić information content (AvgIpc) is 2.27. The molecule has 1 aliphatic heterocycles. The monoisotopic (exact) mass is 253 g/mol. The van der Waals surface area contributed by atoms with Gasteiger partial charge < -0.3 is 9.64 Å². The number of allylic oxidation sites excluding steroid dienone is 2. The molecule has 1 heterocycles. The van der Waals surface area contributed by atoms with Crippen molar-refractivity contribution in [2.75, 3.05) is 13.1 Å². The van der Waals surface area contributed by atoms with Crippen molar-refractivity contribution in [3.05, 3.63) is 12.2 Å². The van der Waals surface area contributed by atoms with Crippen LogP contribution in [0.25, 0.3) is 0 Å². The minimum atomic E-state index is -0.464. The van der Waals surface area contributed by atoms with Gasteiger partial charge in [-0.3, -0.25) is 4.79 Å². The van der Waals surface area contributed by atoms with Crippen LogP contribution in [0.15, 0.2) is 12.2 Å². The zero-order chi connectivity index (χ0) is 13.8. The van der Waals surface area contributed by atoms with Crippen molar-refractivity contribution in [3.8, 4) is 0 Å².